The quantitative estimate of drug-likeness (QED) is 0.782. The summed E-state index contributed by atoms with van der Waals surface area (Å²) in [5, 5.41) is 9.15. The van der Waals surface area contributed by atoms with E-state index in [0.29, 0.717) is 6.54 Å². The molecule has 0 aliphatic carbocycles. The molecule has 3 N–H and O–H groups in total. The highest BCUT2D eigenvalue weighted by molar-refractivity contribution is 5.76. The Labute approximate surface area is 101 Å². The Hall–Kier alpha value is -1.71. The molecule has 0 spiro atoms. The molecule has 4 nitrogen and oxygen atoms in total. The number of carboxylic acid groups (broad SMARTS) is 1. The number of fused-ring (bicyclic) bond motifs is 1. The fraction of sp³-hybridized carbons (Fsp3) is 0.462. The Balaban J connectivity index is 2.24. The van der Waals surface area contributed by atoms with Crippen LogP contribution in [-0.2, 0) is 11.2 Å². The van der Waals surface area contributed by atoms with Crippen LogP contribution in [0.2, 0.25) is 0 Å². The lowest BCUT2D eigenvalue weighted by Crippen LogP contribution is -2.38. The largest absolute Gasteiger partial charge is 0.481 e. The molecule has 0 fully saturated rings. The topological polar surface area (TPSA) is 66.6 Å². The van der Waals surface area contributed by atoms with Crippen LogP contribution in [0.5, 0.6) is 0 Å². The number of nitrogens with zero attached hydrogens (tertiary/aromatic N) is 1. The molecule has 0 aromatic heterocycles. The second-order valence-electron chi connectivity index (χ2n) is 5.21. The Kier molecular flexibility index (Phi) is 2.73. The highest BCUT2D eigenvalue weighted by Gasteiger charge is 2.32. The summed E-state index contributed by atoms with van der Waals surface area (Å²) in [5.41, 5.74) is 8.20. The van der Waals surface area contributed by atoms with Crippen molar-refractivity contribution in [1.82, 2.24) is 0 Å². The average Bonchev–Trinajstić information content (AvgIpc) is 2.62. The van der Waals surface area contributed by atoms with Crippen LogP contribution in [0.4, 0.5) is 11.4 Å². The number of rotatable bonds is 3. The number of nitrogens with two attached hydrogens (primary N) is 1. The molecular formula is C13H18N2O2. The van der Waals surface area contributed by atoms with Crippen molar-refractivity contribution < 1.29 is 9.90 Å². The second-order valence-corrected chi connectivity index (χ2v) is 5.21. The summed E-state index contributed by atoms with van der Waals surface area (Å²) < 4.78 is 0. The summed E-state index contributed by atoms with van der Waals surface area (Å²) in [6, 6.07) is 5.82. The standard InChI is InChI=1S/C13H18N2O2/c1-13(2,12(16)17)8-15-7-6-9-10(14)4-3-5-11(9)15/h3-5H,6-8,14H2,1-2H3,(H,16,17). The Morgan fingerprint density at radius 2 is 2.24 bits per heavy atom. The van der Waals surface area contributed by atoms with Gasteiger partial charge in [-0.1, -0.05) is 6.07 Å². The van der Waals surface area contributed by atoms with Gasteiger partial charge < -0.3 is 15.7 Å². The number of benzene rings is 1. The summed E-state index contributed by atoms with van der Waals surface area (Å²) in [5.74, 6) is -0.769. The maximum atomic E-state index is 11.1. The molecule has 1 aliphatic rings. The molecule has 0 amide bonds. The van der Waals surface area contributed by atoms with E-state index in [-0.39, 0.29) is 0 Å². The molecule has 0 radical (unpaired) electrons. The molecule has 0 saturated heterocycles. The fourth-order valence-electron chi connectivity index (χ4n) is 2.24. The number of hydrogen-bond acceptors (Lipinski definition) is 3. The fourth-order valence-corrected chi connectivity index (χ4v) is 2.24. The molecule has 1 aromatic carbocycles. The molecule has 1 aromatic rings. The third kappa shape index (κ3) is 2.07. The summed E-state index contributed by atoms with van der Waals surface area (Å²) in [6.07, 6.45) is 0.901. The van der Waals surface area contributed by atoms with Crippen molar-refractivity contribution in [1.29, 1.82) is 0 Å². The predicted molar refractivity (Wildman–Crippen MR) is 68.2 cm³/mol. The normalized spacial score (nSPS) is 14.8. The summed E-state index contributed by atoms with van der Waals surface area (Å²) in [6.45, 7) is 4.86. The van der Waals surface area contributed by atoms with Crippen LogP contribution in [0.15, 0.2) is 18.2 Å². The number of carbonyl (C=O) groups is 1. The minimum atomic E-state index is -0.769. The molecule has 1 aliphatic heterocycles. The second kappa shape index (κ2) is 3.95. The SMILES string of the molecule is CC(C)(CN1CCc2c(N)cccc21)C(=O)O. The van der Waals surface area contributed by atoms with E-state index in [0.717, 1.165) is 29.9 Å². The molecule has 0 atom stereocenters. The first-order chi connectivity index (χ1) is 7.92. The van der Waals surface area contributed by atoms with Crippen molar-refractivity contribution in [2.45, 2.75) is 20.3 Å². The number of nitrogen functional groups attached to an aromatic ring is 1. The van der Waals surface area contributed by atoms with Gasteiger partial charge in [0.25, 0.3) is 0 Å². The van der Waals surface area contributed by atoms with Crippen molar-refractivity contribution in [3.63, 3.8) is 0 Å². The highest BCUT2D eigenvalue weighted by Crippen LogP contribution is 2.34. The maximum absolute atomic E-state index is 11.1. The Morgan fingerprint density at radius 3 is 2.88 bits per heavy atom. The van der Waals surface area contributed by atoms with Gasteiger partial charge in [0.2, 0.25) is 0 Å². The first-order valence-electron chi connectivity index (χ1n) is 5.77. The van der Waals surface area contributed by atoms with Crippen LogP contribution in [0, 0.1) is 5.41 Å². The minimum absolute atomic E-state index is 0.513. The highest BCUT2D eigenvalue weighted by atomic mass is 16.4. The number of anilines is 2. The van der Waals surface area contributed by atoms with Gasteiger partial charge in [-0.3, -0.25) is 4.79 Å². The summed E-state index contributed by atoms with van der Waals surface area (Å²) >= 11 is 0. The molecule has 17 heavy (non-hydrogen) atoms. The van der Waals surface area contributed by atoms with E-state index >= 15 is 0 Å². The van der Waals surface area contributed by atoms with Gasteiger partial charge >= 0.3 is 5.97 Å². The van der Waals surface area contributed by atoms with Gasteiger partial charge in [-0.05, 0) is 32.4 Å². The lowest BCUT2D eigenvalue weighted by molar-refractivity contribution is -0.146. The van der Waals surface area contributed by atoms with E-state index in [9.17, 15) is 4.79 Å². The molecule has 2 rings (SSSR count). The third-order valence-electron chi connectivity index (χ3n) is 3.33. The Morgan fingerprint density at radius 1 is 1.53 bits per heavy atom. The maximum Gasteiger partial charge on any atom is 0.310 e. The van der Waals surface area contributed by atoms with E-state index in [1.165, 1.54) is 0 Å². The van der Waals surface area contributed by atoms with Crippen LogP contribution in [0.1, 0.15) is 19.4 Å². The van der Waals surface area contributed by atoms with E-state index in [4.69, 9.17) is 10.8 Å². The van der Waals surface area contributed by atoms with Crippen LogP contribution >= 0.6 is 0 Å². The Bertz CT molecular complexity index is 455. The van der Waals surface area contributed by atoms with E-state index in [1.807, 2.05) is 18.2 Å². The van der Waals surface area contributed by atoms with Crippen molar-refractivity contribution >= 4 is 17.3 Å². The number of hydrogen-bond donors (Lipinski definition) is 2. The van der Waals surface area contributed by atoms with E-state index in [2.05, 4.69) is 4.90 Å². The van der Waals surface area contributed by atoms with Crippen LogP contribution in [0.3, 0.4) is 0 Å². The number of aliphatic carboxylic acids is 1. The third-order valence-corrected chi connectivity index (χ3v) is 3.33. The van der Waals surface area contributed by atoms with Gasteiger partial charge in [-0.15, -0.1) is 0 Å². The molecular weight excluding hydrogens is 216 g/mol. The summed E-state index contributed by atoms with van der Waals surface area (Å²) in [4.78, 5) is 13.2. The van der Waals surface area contributed by atoms with Gasteiger partial charge in [0, 0.05) is 30.0 Å². The molecule has 0 saturated carbocycles. The minimum Gasteiger partial charge on any atom is -0.481 e. The van der Waals surface area contributed by atoms with Gasteiger partial charge in [0.1, 0.15) is 0 Å². The zero-order valence-electron chi connectivity index (χ0n) is 10.2. The molecule has 0 bridgehead atoms. The lowest BCUT2D eigenvalue weighted by Gasteiger charge is -2.28. The van der Waals surface area contributed by atoms with E-state index in [1.54, 1.807) is 13.8 Å². The van der Waals surface area contributed by atoms with E-state index < -0.39 is 11.4 Å². The molecule has 4 heteroatoms. The van der Waals surface area contributed by atoms with Crippen molar-refractivity contribution in [3.8, 4) is 0 Å². The average molecular weight is 234 g/mol. The lowest BCUT2D eigenvalue weighted by atomic mass is 9.93. The van der Waals surface area contributed by atoms with Crippen LogP contribution < -0.4 is 10.6 Å². The first kappa shape index (κ1) is 11.8. The smallest absolute Gasteiger partial charge is 0.310 e. The van der Waals surface area contributed by atoms with Gasteiger partial charge in [0.15, 0.2) is 0 Å². The van der Waals surface area contributed by atoms with Gasteiger partial charge in [0.05, 0.1) is 5.41 Å². The van der Waals surface area contributed by atoms with Crippen LogP contribution in [0.25, 0.3) is 0 Å². The van der Waals surface area contributed by atoms with Crippen molar-refractivity contribution in [2.24, 2.45) is 5.41 Å². The van der Waals surface area contributed by atoms with Crippen molar-refractivity contribution in [2.75, 3.05) is 23.7 Å². The zero-order chi connectivity index (χ0) is 12.6. The monoisotopic (exact) mass is 234 g/mol. The first-order valence-corrected chi connectivity index (χ1v) is 5.77. The molecule has 1 heterocycles. The summed E-state index contributed by atoms with van der Waals surface area (Å²) in [7, 11) is 0. The molecule has 92 valence electrons. The predicted octanol–water partition coefficient (Wildman–Crippen LogP) is 1.74. The zero-order valence-corrected chi connectivity index (χ0v) is 10.2. The molecule has 0 unspecified atom stereocenters. The number of carboxylic acids is 1. The van der Waals surface area contributed by atoms with Crippen molar-refractivity contribution in [3.05, 3.63) is 23.8 Å². The van der Waals surface area contributed by atoms with Gasteiger partial charge in [-0.2, -0.15) is 0 Å². The van der Waals surface area contributed by atoms with Crippen LogP contribution in [-0.4, -0.2) is 24.2 Å². The van der Waals surface area contributed by atoms with Gasteiger partial charge in [-0.25, -0.2) is 0 Å².